The maximum absolute atomic E-state index is 13.0. The molecule has 0 spiro atoms. The summed E-state index contributed by atoms with van der Waals surface area (Å²) in [6.45, 7) is 4.18. The average Bonchev–Trinajstić information content (AvgIpc) is 2.75. The summed E-state index contributed by atoms with van der Waals surface area (Å²) in [5.41, 5.74) is -0.222. The number of anilines is 2. The maximum atomic E-state index is 13.0. The summed E-state index contributed by atoms with van der Waals surface area (Å²) in [6.07, 6.45) is -4.60. The van der Waals surface area contributed by atoms with Gasteiger partial charge in [0, 0.05) is 37.6 Å². The van der Waals surface area contributed by atoms with Gasteiger partial charge < -0.3 is 10.6 Å². The Hall–Kier alpha value is -2.62. The van der Waals surface area contributed by atoms with E-state index in [9.17, 15) is 22.8 Å². The number of hydrogen-bond acceptors (Lipinski definition) is 4. The van der Waals surface area contributed by atoms with Crippen molar-refractivity contribution in [3.63, 3.8) is 0 Å². The molecule has 1 heterocycles. The minimum atomic E-state index is -4.60. The third-order valence-electron chi connectivity index (χ3n) is 5.30. The van der Waals surface area contributed by atoms with E-state index in [-0.39, 0.29) is 24.2 Å². The third-order valence-corrected chi connectivity index (χ3v) is 5.63. The summed E-state index contributed by atoms with van der Waals surface area (Å²) in [5.74, 6) is -0.519. The van der Waals surface area contributed by atoms with Crippen LogP contribution in [0.25, 0.3) is 0 Å². The Morgan fingerprint density at radius 3 is 2.28 bits per heavy atom. The molecule has 2 amide bonds. The number of carbonyl (C=O) groups excluding carboxylic acids is 2. The number of para-hydroxylation sites is 1. The van der Waals surface area contributed by atoms with Crippen molar-refractivity contribution in [2.45, 2.75) is 19.1 Å². The number of carbonyl (C=O) groups is 2. The second-order valence-electron chi connectivity index (χ2n) is 7.58. The second-order valence-corrected chi connectivity index (χ2v) is 7.99. The van der Waals surface area contributed by atoms with Gasteiger partial charge in [-0.1, -0.05) is 29.8 Å². The Morgan fingerprint density at radius 1 is 1.00 bits per heavy atom. The van der Waals surface area contributed by atoms with Gasteiger partial charge in [0.15, 0.2) is 0 Å². The quantitative estimate of drug-likeness (QED) is 0.674. The number of piperazine rings is 1. The van der Waals surface area contributed by atoms with E-state index in [1.54, 1.807) is 0 Å². The third kappa shape index (κ3) is 6.44. The van der Waals surface area contributed by atoms with E-state index in [0.717, 1.165) is 17.8 Å². The zero-order valence-corrected chi connectivity index (χ0v) is 18.2. The Labute approximate surface area is 189 Å². The number of amides is 2. The topological polar surface area (TPSA) is 64.7 Å². The summed E-state index contributed by atoms with van der Waals surface area (Å²) in [4.78, 5) is 28.7. The molecule has 2 aromatic rings. The van der Waals surface area contributed by atoms with E-state index >= 15 is 0 Å². The van der Waals surface area contributed by atoms with E-state index in [2.05, 4.69) is 10.6 Å². The van der Waals surface area contributed by atoms with Crippen molar-refractivity contribution in [2.24, 2.45) is 0 Å². The number of hydrogen-bond donors (Lipinski definition) is 2. The van der Waals surface area contributed by atoms with Gasteiger partial charge in [-0.15, -0.1) is 0 Å². The Bertz CT molecular complexity index is 948. The lowest BCUT2D eigenvalue weighted by Crippen LogP contribution is -2.53. The molecule has 1 unspecified atom stereocenters. The SMILES string of the molecule is CC(C(=O)Nc1ccccc1)N1CCN(CC(=O)Nc2ccc(Cl)c(C(F)(F)F)c2)CC1. The van der Waals surface area contributed by atoms with Crippen LogP contribution in [0.2, 0.25) is 5.02 Å². The van der Waals surface area contributed by atoms with Crippen LogP contribution in [0.3, 0.4) is 0 Å². The molecule has 1 aliphatic heterocycles. The van der Waals surface area contributed by atoms with Crippen LogP contribution in [-0.4, -0.2) is 60.4 Å². The van der Waals surface area contributed by atoms with Crippen molar-refractivity contribution in [1.29, 1.82) is 0 Å². The average molecular weight is 469 g/mol. The van der Waals surface area contributed by atoms with Gasteiger partial charge in [-0.25, -0.2) is 0 Å². The van der Waals surface area contributed by atoms with Gasteiger partial charge in [-0.2, -0.15) is 13.2 Å². The number of alkyl halides is 3. The molecule has 32 heavy (non-hydrogen) atoms. The Morgan fingerprint density at radius 2 is 1.66 bits per heavy atom. The second kappa shape index (κ2) is 10.3. The summed E-state index contributed by atoms with van der Waals surface area (Å²) >= 11 is 5.61. The molecular formula is C22H24ClF3N4O2. The lowest BCUT2D eigenvalue weighted by molar-refractivity contribution is -0.137. The molecule has 3 rings (SSSR count). The van der Waals surface area contributed by atoms with Crippen LogP contribution >= 0.6 is 11.6 Å². The fourth-order valence-corrected chi connectivity index (χ4v) is 3.69. The molecule has 172 valence electrons. The Kier molecular flexibility index (Phi) is 7.76. The number of halogens is 4. The van der Waals surface area contributed by atoms with Crippen LogP contribution in [0, 0.1) is 0 Å². The van der Waals surface area contributed by atoms with E-state index in [4.69, 9.17) is 11.6 Å². The van der Waals surface area contributed by atoms with Gasteiger partial charge in [0.1, 0.15) is 0 Å². The van der Waals surface area contributed by atoms with Gasteiger partial charge in [0.2, 0.25) is 11.8 Å². The standard InChI is InChI=1S/C22H24ClF3N4O2/c1-15(21(32)28-16-5-3-2-4-6-16)30-11-9-29(10-12-30)14-20(31)27-17-7-8-19(23)18(13-17)22(24,25)26/h2-8,13,15H,9-12,14H2,1H3,(H,27,31)(H,28,32). The van der Waals surface area contributed by atoms with Crippen LogP contribution in [0.1, 0.15) is 12.5 Å². The molecular weight excluding hydrogens is 445 g/mol. The molecule has 0 aliphatic carbocycles. The van der Waals surface area contributed by atoms with Crippen LogP contribution in [0.5, 0.6) is 0 Å². The molecule has 2 N–H and O–H groups in total. The monoisotopic (exact) mass is 468 g/mol. The van der Waals surface area contributed by atoms with E-state index in [1.807, 2.05) is 47.1 Å². The zero-order chi connectivity index (χ0) is 23.3. The number of nitrogens with one attached hydrogen (secondary N) is 2. The highest BCUT2D eigenvalue weighted by atomic mass is 35.5. The maximum Gasteiger partial charge on any atom is 0.417 e. The number of rotatable bonds is 6. The van der Waals surface area contributed by atoms with Crippen LogP contribution < -0.4 is 10.6 Å². The minimum Gasteiger partial charge on any atom is -0.325 e. The van der Waals surface area contributed by atoms with Crippen molar-refractivity contribution in [3.8, 4) is 0 Å². The molecule has 10 heteroatoms. The largest absolute Gasteiger partial charge is 0.417 e. The van der Waals surface area contributed by atoms with Gasteiger partial charge in [0.05, 0.1) is 23.2 Å². The first-order chi connectivity index (χ1) is 15.1. The summed E-state index contributed by atoms with van der Waals surface area (Å²) in [5, 5.41) is 4.95. The smallest absolute Gasteiger partial charge is 0.325 e. The zero-order valence-electron chi connectivity index (χ0n) is 17.5. The van der Waals surface area contributed by atoms with E-state index in [1.165, 1.54) is 6.07 Å². The predicted molar refractivity (Wildman–Crippen MR) is 118 cm³/mol. The molecule has 2 aromatic carbocycles. The van der Waals surface area contributed by atoms with Gasteiger partial charge in [-0.3, -0.25) is 19.4 Å². The molecule has 1 saturated heterocycles. The molecule has 0 bridgehead atoms. The highest BCUT2D eigenvalue weighted by Gasteiger charge is 2.33. The lowest BCUT2D eigenvalue weighted by Gasteiger charge is -2.37. The molecule has 0 radical (unpaired) electrons. The first-order valence-electron chi connectivity index (χ1n) is 10.1. The van der Waals surface area contributed by atoms with Gasteiger partial charge in [0.25, 0.3) is 0 Å². The summed E-state index contributed by atoms with van der Waals surface area (Å²) in [6, 6.07) is 12.1. The van der Waals surface area contributed by atoms with Crippen molar-refractivity contribution >= 4 is 34.8 Å². The summed E-state index contributed by atoms with van der Waals surface area (Å²) < 4.78 is 38.9. The van der Waals surface area contributed by atoms with Crippen molar-refractivity contribution < 1.29 is 22.8 Å². The molecule has 6 nitrogen and oxygen atoms in total. The molecule has 1 aliphatic rings. The predicted octanol–water partition coefficient (Wildman–Crippen LogP) is 3.94. The van der Waals surface area contributed by atoms with E-state index in [0.29, 0.717) is 26.2 Å². The minimum absolute atomic E-state index is 0.0385. The molecule has 1 fully saturated rings. The first kappa shape index (κ1) is 24.0. The van der Waals surface area contributed by atoms with Crippen molar-refractivity contribution in [3.05, 3.63) is 59.1 Å². The lowest BCUT2D eigenvalue weighted by atomic mass is 10.2. The van der Waals surface area contributed by atoms with Gasteiger partial charge in [-0.05, 0) is 37.3 Å². The molecule has 0 saturated carbocycles. The Balaban J connectivity index is 1.47. The van der Waals surface area contributed by atoms with Crippen molar-refractivity contribution in [2.75, 3.05) is 43.4 Å². The fourth-order valence-electron chi connectivity index (χ4n) is 3.47. The highest BCUT2D eigenvalue weighted by Crippen LogP contribution is 2.36. The highest BCUT2D eigenvalue weighted by molar-refractivity contribution is 6.31. The van der Waals surface area contributed by atoms with Gasteiger partial charge >= 0.3 is 6.18 Å². The fraction of sp³-hybridized carbons (Fsp3) is 0.364. The van der Waals surface area contributed by atoms with Crippen LogP contribution in [0.15, 0.2) is 48.5 Å². The normalized spacial score (nSPS) is 16.4. The van der Waals surface area contributed by atoms with Crippen molar-refractivity contribution in [1.82, 2.24) is 9.80 Å². The van der Waals surface area contributed by atoms with Crippen LogP contribution in [-0.2, 0) is 15.8 Å². The number of benzene rings is 2. The number of nitrogens with zero attached hydrogens (tertiary/aromatic N) is 2. The summed E-state index contributed by atoms with van der Waals surface area (Å²) in [7, 11) is 0. The van der Waals surface area contributed by atoms with Crippen LogP contribution in [0.4, 0.5) is 24.5 Å². The molecule has 1 atom stereocenters. The molecule has 0 aromatic heterocycles. The first-order valence-corrected chi connectivity index (χ1v) is 10.5. The van der Waals surface area contributed by atoms with E-state index < -0.39 is 22.7 Å².